The van der Waals surface area contributed by atoms with E-state index < -0.39 is 5.60 Å². The highest BCUT2D eigenvalue weighted by Crippen LogP contribution is 2.29. The van der Waals surface area contributed by atoms with Crippen molar-refractivity contribution in [2.45, 2.75) is 70.1 Å². The van der Waals surface area contributed by atoms with Gasteiger partial charge in [-0.2, -0.15) is 0 Å². The Hall–Kier alpha value is -0.160. The van der Waals surface area contributed by atoms with Gasteiger partial charge in [-0.15, -0.1) is 0 Å². The maximum absolute atomic E-state index is 10.7. The molecular weight excluding hydrogens is 252 g/mol. The molecular formula is C16H32N2O2. The van der Waals surface area contributed by atoms with Crippen LogP contribution >= 0.6 is 0 Å². The third kappa shape index (κ3) is 4.42. The Kier molecular flexibility index (Phi) is 5.84. The highest BCUT2D eigenvalue weighted by molar-refractivity contribution is 4.89. The quantitative estimate of drug-likeness (QED) is 0.802. The van der Waals surface area contributed by atoms with E-state index in [0.29, 0.717) is 6.04 Å². The van der Waals surface area contributed by atoms with Crippen molar-refractivity contribution >= 4 is 0 Å². The topological polar surface area (TPSA) is 46.9 Å². The number of hydrogen-bond donors (Lipinski definition) is 2. The maximum atomic E-state index is 10.7. The standard InChI is InChI=1S/C16H32N2O2/c1-3-15-12-17(9-10-18(15)11-14(2)19)13-16(20)7-5-4-6-8-16/h14-15,19-20H,3-13H2,1-2H3/t14-,15-/m1/s1. The van der Waals surface area contributed by atoms with Crippen LogP contribution in [0.5, 0.6) is 0 Å². The molecule has 0 bridgehead atoms. The van der Waals surface area contributed by atoms with Gasteiger partial charge < -0.3 is 10.2 Å². The summed E-state index contributed by atoms with van der Waals surface area (Å²) in [6.07, 6.45) is 6.43. The summed E-state index contributed by atoms with van der Waals surface area (Å²) in [6.45, 7) is 8.77. The second-order valence-corrected chi connectivity index (χ2v) is 6.93. The summed E-state index contributed by atoms with van der Waals surface area (Å²) in [5, 5.41) is 20.3. The van der Waals surface area contributed by atoms with Crippen LogP contribution < -0.4 is 0 Å². The Bertz CT molecular complexity index is 290. The van der Waals surface area contributed by atoms with E-state index in [2.05, 4.69) is 16.7 Å². The molecule has 0 aromatic carbocycles. The Morgan fingerprint density at radius 1 is 1.20 bits per heavy atom. The molecule has 2 rings (SSSR count). The van der Waals surface area contributed by atoms with Crippen molar-refractivity contribution in [3.63, 3.8) is 0 Å². The van der Waals surface area contributed by atoms with Gasteiger partial charge in [0.15, 0.2) is 0 Å². The number of aliphatic hydroxyl groups excluding tert-OH is 1. The molecule has 1 saturated heterocycles. The minimum absolute atomic E-state index is 0.252. The average Bonchev–Trinajstić information content (AvgIpc) is 2.40. The lowest BCUT2D eigenvalue weighted by Gasteiger charge is -2.45. The second kappa shape index (κ2) is 7.21. The smallest absolute Gasteiger partial charge is 0.0774 e. The molecule has 0 aromatic rings. The molecule has 2 fully saturated rings. The Labute approximate surface area is 123 Å². The van der Waals surface area contributed by atoms with Crippen molar-refractivity contribution in [3.8, 4) is 0 Å². The van der Waals surface area contributed by atoms with E-state index in [9.17, 15) is 10.2 Å². The van der Waals surface area contributed by atoms with Crippen LogP contribution in [0.3, 0.4) is 0 Å². The fraction of sp³-hybridized carbons (Fsp3) is 1.00. The SMILES string of the molecule is CC[C@@H]1CN(CC2(O)CCCCC2)CCN1C[C@@H](C)O. The molecule has 1 saturated carbocycles. The summed E-state index contributed by atoms with van der Waals surface area (Å²) in [5.41, 5.74) is -0.441. The first kappa shape index (κ1) is 16.2. The molecule has 2 aliphatic rings. The zero-order chi connectivity index (χ0) is 14.6. The van der Waals surface area contributed by atoms with Crippen LogP contribution in [-0.4, -0.2) is 70.5 Å². The number of piperazine rings is 1. The van der Waals surface area contributed by atoms with Gasteiger partial charge in [-0.1, -0.05) is 26.2 Å². The summed E-state index contributed by atoms with van der Waals surface area (Å²) >= 11 is 0. The lowest BCUT2D eigenvalue weighted by atomic mass is 9.84. The molecule has 4 heteroatoms. The first-order valence-corrected chi connectivity index (χ1v) is 8.39. The van der Waals surface area contributed by atoms with Crippen LogP contribution in [0, 0.1) is 0 Å². The first-order chi connectivity index (χ1) is 9.52. The molecule has 2 atom stereocenters. The van der Waals surface area contributed by atoms with E-state index in [1.807, 2.05) is 6.92 Å². The summed E-state index contributed by atoms with van der Waals surface area (Å²) < 4.78 is 0. The summed E-state index contributed by atoms with van der Waals surface area (Å²) in [7, 11) is 0. The molecule has 4 nitrogen and oxygen atoms in total. The Balaban J connectivity index is 1.86. The van der Waals surface area contributed by atoms with E-state index in [0.717, 1.165) is 52.0 Å². The molecule has 0 amide bonds. The van der Waals surface area contributed by atoms with Crippen LogP contribution in [0.15, 0.2) is 0 Å². The minimum atomic E-state index is -0.441. The van der Waals surface area contributed by atoms with Crippen LogP contribution in [0.2, 0.25) is 0 Å². The summed E-state index contributed by atoms with van der Waals surface area (Å²) in [5.74, 6) is 0. The molecule has 1 aliphatic heterocycles. The van der Waals surface area contributed by atoms with Crippen molar-refractivity contribution in [1.29, 1.82) is 0 Å². The maximum Gasteiger partial charge on any atom is 0.0774 e. The predicted molar refractivity (Wildman–Crippen MR) is 81.8 cm³/mol. The lowest BCUT2D eigenvalue weighted by molar-refractivity contribution is -0.0478. The van der Waals surface area contributed by atoms with Crippen LogP contribution in [0.4, 0.5) is 0 Å². The third-order valence-corrected chi connectivity index (χ3v) is 4.96. The molecule has 0 aromatic heterocycles. The normalized spacial score (nSPS) is 30.3. The summed E-state index contributed by atoms with van der Waals surface area (Å²) in [6, 6.07) is 0.519. The van der Waals surface area contributed by atoms with Gasteiger partial charge in [0.25, 0.3) is 0 Å². The number of β-amino-alcohol motifs (C(OH)–C–C–N with tert-alkyl or cyclic N) is 2. The molecule has 0 spiro atoms. The van der Waals surface area contributed by atoms with Crippen LogP contribution in [0.1, 0.15) is 52.4 Å². The van der Waals surface area contributed by atoms with Crippen LogP contribution in [0.25, 0.3) is 0 Å². The van der Waals surface area contributed by atoms with Crippen molar-refractivity contribution in [3.05, 3.63) is 0 Å². The number of rotatable bonds is 5. The lowest BCUT2D eigenvalue weighted by Crippen LogP contribution is -2.57. The van der Waals surface area contributed by atoms with Crippen molar-refractivity contribution in [1.82, 2.24) is 9.80 Å². The molecule has 118 valence electrons. The second-order valence-electron chi connectivity index (χ2n) is 6.93. The van der Waals surface area contributed by atoms with E-state index in [4.69, 9.17) is 0 Å². The van der Waals surface area contributed by atoms with Crippen molar-refractivity contribution < 1.29 is 10.2 Å². The van der Waals surface area contributed by atoms with Gasteiger partial charge >= 0.3 is 0 Å². The highest BCUT2D eigenvalue weighted by atomic mass is 16.3. The number of hydrogen-bond acceptors (Lipinski definition) is 4. The fourth-order valence-electron chi connectivity index (χ4n) is 3.85. The minimum Gasteiger partial charge on any atom is -0.392 e. The van der Waals surface area contributed by atoms with Gasteiger partial charge in [0, 0.05) is 38.8 Å². The van der Waals surface area contributed by atoms with Gasteiger partial charge in [-0.3, -0.25) is 9.80 Å². The number of nitrogens with zero attached hydrogens (tertiary/aromatic N) is 2. The zero-order valence-corrected chi connectivity index (χ0v) is 13.2. The monoisotopic (exact) mass is 284 g/mol. The number of aliphatic hydroxyl groups is 2. The first-order valence-electron chi connectivity index (χ1n) is 8.39. The van der Waals surface area contributed by atoms with E-state index >= 15 is 0 Å². The Morgan fingerprint density at radius 3 is 2.50 bits per heavy atom. The Morgan fingerprint density at radius 2 is 1.90 bits per heavy atom. The van der Waals surface area contributed by atoms with Gasteiger partial charge in [0.1, 0.15) is 0 Å². The molecule has 0 radical (unpaired) electrons. The average molecular weight is 284 g/mol. The van der Waals surface area contributed by atoms with Gasteiger partial charge in [0.05, 0.1) is 11.7 Å². The predicted octanol–water partition coefficient (Wildman–Crippen LogP) is 1.46. The summed E-state index contributed by atoms with van der Waals surface area (Å²) in [4.78, 5) is 4.85. The largest absolute Gasteiger partial charge is 0.392 e. The van der Waals surface area contributed by atoms with E-state index in [1.54, 1.807) is 0 Å². The highest BCUT2D eigenvalue weighted by Gasteiger charge is 2.34. The van der Waals surface area contributed by atoms with E-state index in [-0.39, 0.29) is 6.10 Å². The molecule has 1 aliphatic carbocycles. The van der Waals surface area contributed by atoms with Gasteiger partial charge in [-0.05, 0) is 26.2 Å². The molecule has 1 heterocycles. The van der Waals surface area contributed by atoms with Gasteiger partial charge in [-0.25, -0.2) is 0 Å². The molecule has 20 heavy (non-hydrogen) atoms. The van der Waals surface area contributed by atoms with Crippen molar-refractivity contribution in [2.24, 2.45) is 0 Å². The van der Waals surface area contributed by atoms with Crippen LogP contribution in [-0.2, 0) is 0 Å². The van der Waals surface area contributed by atoms with Gasteiger partial charge in [0.2, 0.25) is 0 Å². The third-order valence-electron chi connectivity index (χ3n) is 4.96. The molecule has 0 unspecified atom stereocenters. The zero-order valence-electron chi connectivity index (χ0n) is 13.2. The molecule has 2 N–H and O–H groups in total. The fourth-order valence-corrected chi connectivity index (χ4v) is 3.85. The van der Waals surface area contributed by atoms with E-state index in [1.165, 1.54) is 19.3 Å². The van der Waals surface area contributed by atoms with Crippen molar-refractivity contribution in [2.75, 3.05) is 32.7 Å².